The Hall–Kier alpha value is -3.54. The average Bonchev–Trinajstić information content (AvgIpc) is 2.75. The molecule has 0 unspecified atom stereocenters. The Bertz CT molecular complexity index is 912. The van der Waals surface area contributed by atoms with Gasteiger partial charge in [-0.2, -0.15) is 0 Å². The summed E-state index contributed by atoms with van der Waals surface area (Å²) in [5, 5.41) is 6.12. The third kappa shape index (κ3) is 5.01. The van der Waals surface area contributed by atoms with E-state index in [1.807, 2.05) is 48.5 Å². The summed E-state index contributed by atoms with van der Waals surface area (Å²) in [5.41, 5.74) is 3.05. The number of methoxy groups -OCH3 is 2. The molecule has 0 bridgehead atoms. The second kappa shape index (κ2) is 9.41. The Kier molecular flexibility index (Phi) is 6.46. The summed E-state index contributed by atoms with van der Waals surface area (Å²) < 4.78 is 10.6. The number of nitrogens with zero attached hydrogens (tertiary/aromatic N) is 1. The van der Waals surface area contributed by atoms with Crippen LogP contribution in [0.2, 0.25) is 0 Å². The number of aromatic nitrogens is 1. The zero-order valence-electron chi connectivity index (χ0n) is 15.9. The molecule has 0 aliphatic heterocycles. The number of hydrogen-bond acceptors (Lipinski definition) is 5. The van der Waals surface area contributed by atoms with Gasteiger partial charge in [-0.15, -0.1) is 0 Å². The molecule has 0 atom stereocenters. The van der Waals surface area contributed by atoms with Crippen LogP contribution in [-0.2, 0) is 6.42 Å². The largest absolute Gasteiger partial charge is 0.497 e. The zero-order chi connectivity index (χ0) is 19.8. The number of rotatable bonds is 8. The minimum absolute atomic E-state index is 0.193. The molecule has 1 aromatic heterocycles. The lowest BCUT2D eigenvalue weighted by Crippen LogP contribution is -2.26. The Morgan fingerprint density at radius 1 is 1.00 bits per heavy atom. The van der Waals surface area contributed by atoms with Gasteiger partial charge in [0, 0.05) is 12.6 Å². The lowest BCUT2D eigenvalue weighted by atomic mass is 10.1. The molecule has 0 radical (unpaired) electrons. The van der Waals surface area contributed by atoms with E-state index in [1.165, 1.54) is 5.56 Å². The summed E-state index contributed by atoms with van der Waals surface area (Å²) in [5.74, 6) is 1.20. The van der Waals surface area contributed by atoms with Gasteiger partial charge in [-0.1, -0.05) is 30.3 Å². The molecule has 0 aliphatic carbocycles. The maximum atomic E-state index is 12.3. The van der Waals surface area contributed by atoms with Gasteiger partial charge >= 0.3 is 0 Å². The van der Waals surface area contributed by atoms with E-state index in [0.717, 1.165) is 17.8 Å². The number of nitrogens with one attached hydrogen (secondary N) is 2. The second-order valence-electron chi connectivity index (χ2n) is 6.11. The monoisotopic (exact) mass is 377 g/mol. The molecule has 0 spiro atoms. The highest BCUT2D eigenvalue weighted by molar-refractivity contribution is 5.92. The number of ether oxygens (including phenoxy) is 2. The fourth-order valence-corrected chi connectivity index (χ4v) is 2.72. The summed E-state index contributed by atoms with van der Waals surface area (Å²) in [4.78, 5) is 16.5. The number of hydrogen-bond donors (Lipinski definition) is 2. The Balaban J connectivity index is 1.59. The first-order valence-corrected chi connectivity index (χ1v) is 8.97. The average molecular weight is 377 g/mol. The van der Waals surface area contributed by atoms with Crippen LogP contribution in [0.25, 0.3) is 0 Å². The fraction of sp³-hybridized carbons (Fsp3) is 0.182. The van der Waals surface area contributed by atoms with Crippen LogP contribution in [0.3, 0.4) is 0 Å². The highest BCUT2D eigenvalue weighted by atomic mass is 16.5. The molecule has 0 fully saturated rings. The number of amides is 1. The van der Waals surface area contributed by atoms with Crippen molar-refractivity contribution < 1.29 is 14.3 Å². The second-order valence-corrected chi connectivity index (χ2v) is 6.11. The summed E-state index contributed by atoms with van der Waals surface area (Å²) in [7, 11) is 3.21. The molecular formula is C22H23N3O3. The van der Waals surface area contributed by atoms with Gasteiger partial charge in [0.1, 0.15) is 17.2 Å². The predicted molar refractivity (Wildman–Crippen MR) is 110 cm³/mol. The first-order valence-electron chi connectivity index (χ1n) is 8.97. The van der Waals surface area contributed by atoms with Gasteiger partial charge in [-0.25, -0.2) is 4.98 Å². The highest BCUT2D eigenvalue weighted by Crippen LogP contribution is 2.31. The Labute approximate surface area is 164 Å². The molecule has 1 amide bonds. The summed E-state index contributed by atoms with van der Waals surface area (Å²) in [6.07, 6.45) is 2.40. The van der Waals surface area contributed by atoms with Crippen LogP contribution >= 0.6 is 0 Å². The van der Waals surface area contributed by atoms with E-state index in [4.69, 9.17) is 9.47 Å². The molecule has 2 N–H and O–H groups in total. The van der Waals surface area contributed by atoms with Crippen molar-refractivity contribution in [1.82, 2.24) is 10.3 Å². The number of carbonyl (C=O) groups excluding carboxylic acids is 1. The number of carbonyl (C=O) groups is 1. The van der Waals surface area contributed by atoms with Gasteiger partial charge in [0.15, 0.2) is 0 Å². The predicted octanol–water partition coefficient (Wildman–Crippen LogP) is 3.81. The van der Waals surface area contributed by atoms with E-state index < -0.39 is 0 Å². The van der Waals surface area contributed by atoms with Crippen LogP contribution in [0, 0.1) is 0 Å². The number of anilines is 2. The maximum absolute atomic E-state index is 12.3. The maximum Gasteiger partial charge on any atom is 0.269 e. The van der Waals surface area contributed by atoms with Gasteiger partial charge in [0.2, 0.25) is 0 Å². The quantitative estimate of drug-likeness (QED) is 0.624. The van der Waals surface area contributed by atoms with Crippen molar-refractivity contribution in [3.8, 4) is 11.5 Å². The lowest BCUT2D eigenvalue weighted by Gasteiger charge is -2.12. The molecule has 3 rings (SSSR count). The summed E-state index contributed by atoms with van der Waals surface area (Å²) >= 11 is 0. The smallest absolute Gasteiger partial charge is 0.269 e. The van der Waals surface area contributed by atoms with Crippen LogP contribution in [0.5, 0.6) is 11.5 Å². The topological polar surface area (TPSA) is 72.5 Å². The SMILES string of the molecule is COc1ccc(OC)c(Nc2ccc(C(=O)NCCc3ccccc3)nc2)c1. The van der Waals surface area contributed by atoms with E-state index >= 15 is 0 Å². The van der Waals surface area contributed by atoms with Gasteiger partial charge in [0.25, 0.3) is 5.91 Å². The molecule has 6 nitrogen and oxygen atoms in total. The molecule has 6 heteroatoms. The summed E-state index contributed by atoms with van der Waals surface area (Å²) in [6, 6.07) is 19.0. The van der Waals surface area contributed by atoms with E-state index in [1.54, 1.807) is 32.5 Å². The minimum Gasteiger partial charge on any atom is -0.497 e. The van der Waals surface area contributed by atoms with E-state index in [0.29, 0.717) is 23.7 Å². The molecule has 3 aromatic rings. The zero-order valence-corrected chi connectivity index (χ0v) is 15.9. The van der Waals surface area contributed by atoms with Crippen LogP contribution in [0.4, 0.5) is 11.4 Å². The molecule has 0 saturated heterocycles. The first-order chi connectivity index (χ1) is 13.7. The number of benzene rings is 2. The van der Waals surface area contributed by atoms with Crippen molar-refractivity contribution >= 4 is 17.3 Å². The molecule has 28 heavy (non-hydrogen) atoms. The lowest BCUT2D eigenvalue weighted by molar-refractivity contribution is 0.0949. The van der Waals surface area contributed by atoms with Crippen molar-refractivity contribution in [3.05, 3.63) is 78.1 Å². The van der Waals surface area contributed by atoms with Crippen LogP contribution in [0.1, 0.15) is 16.1 Å². The van der Waals surface area contributed by atoms with Crippen molar-refractivity contribution in [2.75, 3.05) is 26.1 Å². The van der Waals surface area contributed by atoms with Crippen molar-refractivity contribution in [2.24, 2.45) is 0 Å². The fourth-order valence-electron chi connectivity index (χ4n) is 2.72. The van der Waals surface area contributed by atoms with Crippen molar-refractivity contribution in [2.45, 2.75) is 6.42 Å². The van der Waals surface area contributed by atoms with Crippen molar-refractivity contribution in [3.63, 3.8) is 0 Å². The molecular weight excluding hydrogens is 354 g/mol. The summed E-state index contributed by atoms with van der Waals surface area (Å²) in [6.45, 7) is 0.561. The van der Waals surface area contributed by atoms with E-state index in [2.05, 4.69) is 15.6 Å². The highest BCUT2D eigenvalue weighted by Gasteiger charge is 2.09. The Morgan fingerprint density at radius 2 is 1.82 bits per heavy atom. The van der Waals surface area contributed by atoms with Gasteiger partial charge in [0.05, 0.1) is 31.8 Å². The first kappa shape index (κ1) is 19.2. The standard InChI is InChI=1S/C22H23N3O3/c1-27-18-9-11-21(28-2)20(14-18)25-17-8-10-19(24-15-17)22(26)23-13-12-16-6-4-3-5-7-16/h3-11,14-15,25H,12-13H2,1-2H3,(H,23,26). The Morgan fingerprint density at radius 3 is 2.50 bits per heavy atom. The minimum atomic E-state index is -0.193. The molecule has 2 aromatic carbocycles. The third-order valence-corrected chi connectivity index (χ3v) is 4.22. The third-order valence-electron chi connectivity index (χ3n) is 4.22. The molecule has 1 heterocycles. The molecule has 144 valence electrons. The van der Waals surface area contributed by atoms with Crippen molar-refractivity contribution in [1.29, 1.82) is 0 Å². The van der Waals surface area contributed by atoms with E-state index in [-0.39, 0.29) is 5.91 Å². The molecule has 0 aliphatic rings. The van der Waals surface area contributed by atoms with Crippen LogP contribution < -0.4 is 20.1 Å². The molecule has 0 saturated carbocycles. The van der Waals surface area contributed by atoms with Gasteiger partial charge < -0.3 is 20.1 Å². The van der Waals surface area contributed by atoms with Gasteiger partial charge in [-0.05, 0) is 36.2 Å². The van der Waals surface area contributed by atoms with Gasteiger partial charge in [-0.3, -0.25) is 4.79 Å². The normalized spacial score (nSPS) is 10.2. The number of pyridine rings is 1. The van der Waals surface area contributed by atoms with E-state index in [9.17, 15) is 4.79 Å². The van der Waals surface area contributed by atoms with Crippen LogP contribution in [-0.4, -0.2) is 31.7 Å². The van der Waals surface area contributed by atoms with Crippen LogP contribution in [0.15, 0.2) is 66.9 Å².